The molecule has 2 aromatic rings. The van der Waals surface area contributed by atoms with Crippen molar-refractivity contribution >= 4 is 23.6 Å². The second-order valence-corrected chi connectivity index (χ2v) is 9.29. The molecule has 0 spiro atoms. The molecule has 1 unspecified atom stereocenters. The average Bonchev–Trinajstić information content (AvgIpc) is 2.71. The molecule has 2 aromatic carbocycles. The summed E-state index contributed by atoms with van der Waals surface area (Å²) in [6, 6.07) is 15.9. The van der Waals surface area contributed by atoms with Crippen molar-refractivity contribution < 1.29 is 9.59 Å². The quantitative estimate of drug-likeness (QED) is 0.598. The fraction of sp³-hybridized carbons (Fsp3) is 0.440. The Balaban J connectivity index is 2.05. The predicted molar refractivity (Wildman–Crippen MR) is 126 cm³/mol. The lowest BCUT2D eigenvalue weighted by atomic mass is 10.1. The van der Waals surface area contributed by atoms with Gasteiger partial charge >= 0.3 is 0 Å². The monoisotopic (exact) mass is 426 g/mol. The highest BCUT2D eigenvalue weighted by atomic mass is 32.2. The molecule has 2 rings (SSSR count). The van der Waals surface area contributed by atoms with E-state index >= 15 is 0 Å². The van der Waals surface area contributed by atoms with Gasteiger partial charge in [-0.05, 0) is 37.8 Å². The molecule has 0 aliphatic rings. The molecular weight excluding hydrogens is 392 g/mol. The molecule has 0 aromatic heterocycles. The van der Waals surface area contributed by atoms with Gasteiger partial charge in [0.2, 0.25) is 11.8 Å². The van der Waals surface area contributed by atoms with Crippen LogP contribution in [0.1, 0.15) is 43.0 Å². The van der Waals surface area contributed by atoms with E-state index in [1.54, 1.807) is 16.7 Å². The summed E-state index contributed by atoms with van der Waals surface area (Å²) in [4.78, 5) is 27.4. The number of hydrogen-bond acceptors (Lipinski definition) is 3. The van der Waals surface area contributed by atoms with E-state index in [-0.39, 0.29) is 11.8 Å². The maximum Gasteiger partial charge on any atom is 0.242 e. The van der Waals surface area contributed by atoms with E-state index in [9.17, 15) is 9.59 Å². The predicted octanol–water partition coefficient (Wildman–Crippen LogP) is 4.73. The van der Waals surface area contributed by atoms with Crippen molar-refractivity contribution in [1.82, 2.24) is 10.2 Å². The number of thioether (sulfide) groups is 1. The van der Waals surface area contributed by atoms with Crippen molar-refractivity contribution in [3.05, 3.63) is 70.8 Å². The third-order valence-corrected chi connectivity index (χ3v) is 5.89. The highest BCUT2D eigenvalue weighted by molar-refractivity contribution is 7.99. The van der Waals surface area contributed by atoms with Gasteiger partial charge in [-0.3, -0.25) is 9.59 Å². The molecular formula is C25H34N2O2S. The number of nitrogens with one attached hydrogen (secondary N) is 1. The lowest BCUT2D eigenvalue weighted by Gasteiger charge is -2.29. The first kappa shape index (κ1) is 24.0. The Morgan fingerprint density at radius 1 is 0.967 bits per heavy atom. The summed E-state index contributed by atoms with van der Waals surface area (Å²) in [5, 5.41) is 2.96. The fourth-order valence-corrected chi connectivity index (χ4v) is 3.92. The number of nitrogens with zero attached hydrogens (tertiary/aromatic N) is 1. The van der Waals surface area contributed by atoms with Crippen LogP contribution in [0.3, 0.4) is 0 Å². The molecule has 0 aliphatic carbocycles. The third kappa shape index (κ3) is 7.86. The van der Waals surface area contributed by atoms with Gasteiger partial charge in [0.1, 0.15) is 6.04 Å². The summed E-state index contributed by atoms with van der Waals surface area (Å²) in [5.41, 5.74) is 4.63. The van der Waals surface area contributed by atoms with E-state index in [1.807, 2.05) is 44.2 Å². The number of carbonyl (C=O) groups excluding carboxylic acids is 2. The number of amides is 2. The summed E-state index contributed by atoms with van der Waals surface area (Å²) in [7, 11) is 0. The number of benzene rings is 2. The Morgan fingerprint density at radius 3 is 2.30 bits per heavy atom. The molecule has 2 amide bonds. The molecule has 5 heteroatoms. The number of aryl methyl sites for hydroxylation is 2. The second-order valence-electron chi connectivity index (χ2n) is 8.30. The molecule has 0 fully saturated rings. The standard InChI is InChI=1S/C25H34N2O2S/c1-18(2)14-26-25(29)21(5)27(15-22-11-9-19(3)10-12-22)24(28)17-30-16-23-8-6-7-20(4)13-23/h6-13,18,21H,14-17H2,1-5H3,(H,26,29). The number of hydrogen-bond donors (Lipinski definition) is 1. The molecule has 0 radical (unpaired) electrons. The van der Waals surface area contributed by atoms with Crippen LogP contribution in [0, 0.1) is 19.8 Å². The summed E-state index contributed by atoms with van der Waals surface area (Å²) in [6.07, 6.45) is 0. The molecule has 0 saturated carbocycles. The van der Waals surface area contributed by atoms with E-state index < -0.39 is 6.04 Å². The summed E-state index contributed by atoms with van der Waals surface area (Å²) < 4.78 is 0. The Kier molecular flexibility index (Phi) is 9.44. The lowest BCUT2D eigenvalue weighted by Crippen LogP contribution is -2.48. The minimum Gasteiger partial charge on any atom is -0.354 e. The molecule has 1 N–H and O–H groups in total. The van der Waals surface area contributed by atoms with Crippen molar-refractivity contribution in [3.8, 4) is 0 Å². The molecule has 0 bridgehead atoms. The van der Waals surface area contributed by atoms with E-state index in [1.165, 1.54) is 16.7 Å². The molecule has 0 saturated heterocycles. The zero-order valence-corrected chi connectivity index (χ0v) is 19.6. The van der Waals surface area contributed by atoms with Crippen molar-refractivity contribution in [3.63, 3.8) is 0 Å². The molecule has 0 aliphatic heterocycles. The van der Waals surface area contributed by atoms with Gasteiger partial charge in [-0.1, -0.05) is 73.5 Å². The van der Waals surface area contributed by atoms with Gasteiger partial charge in [0.15, 0.2) is 0 Å². The van der Waals surface area contributed by atoms with Crippen molar-refractivity contribution in [2.24, 2.45) is 5.92 Å². The van der Waals surface area contributed by atoms with E-state index in [0.717, 1.165) is 11.3 Å². The average molecular weight is 427 g/mol. The second kappa shape index (κ2) is 11.8. The lowest BCUT2D eigenvalue weighted by molar-refractivity contribution is -0.138. The van der Waals surface area contributed by atoms with Crippen LogP contribution in [0.15, 0.2) is 48.5 Å². The Morgan fingerprint density at radius 2 is 1.67 bits per heavy atom. The van der Waals surface area contributed by atoms with Crippen LogP contribution in [0.4, 0.5) is 0 Å². The molecule has 4 nitrogen and oxygen atoms in total. The smallest absolute Gasteiger partial charge is 0.242 e. The summed E-state index contributed by atoms with van der Waals surface area (Å²) in [5.74, 6) is 1.38. The molecule has 1 atom stereocenters. The number of rotatable bonds is 10. The normalized spacial score (nSPS) is 11.9. The first-order valence-electron chi connectivity index (χ1n) is 10.5. The largest absolute Gasteiger partial charge is 0.354 e. The SMILES string of the molecule is Cc1ccc(CN(C(=O)CSCc2cccc(C)c2)C(C)C(=O)NCC(C)C)cc1. The Bertz CT molecular complexity index is 833. The molecule has 0 heterocycles. The van der Waals surface area contributed by atoms with E-state index in [4.69, 9.17) is 0 Å². The number of carbonyl (C=O) groups is 2. The maximum absolute atomic E-state index is 13.1. The first-order chi connectivity index (χ1) is 14.3. The maximum atomic E-state index is 13.1. The van der Waals surface area contributed by atoms with Crippen LogP contribution >= 0.6 is 11.8 Å². The zero-order chi connectivity index (χ0) is 22.1. The van der Waals surface area contributed by atoms with Crippen LogP contribution in [0.25, 0.3) is 0 Å². The zero-order valence-electron chi connectivity index (χ0n) is 18.8. The summed E-state index contributed by atoms with van der Waals surface area (Å²) in [6.45, 7) is 11.1. The van der Waals surface area contributed by atoms with E-state index in [0.29, 0.717) is 24.8 Å². The summed E-state index contributed by atoms with van der Waals surface area (Å²) >= 11 is 1.59. The minimum atomic E-state index is -0.517. The van der Waals surface area contributed by atoms with Gasteiger partial charge in [-0.2, -0.15) is 0 Å². The van der Waals surface area contributed by atoms with Gasteiger partial charge in [0, 0.05) is 18.8 Å². The molecule has 162 valence electrons. The third-order valence-electron chi connectivity index (χ3n) is 4.90. The van der Waals surface area contributed by atoms with Crippen LogP contribution in [-0.4, -0.2) is 35.1 Å². The van der Waals surface area contributed by atoms with Crippen molar-refractivity contribution in [2.75, 3.05) is 12.3 Å². The van der Waals surface area contributed by atoms with Crippen LogP contribution < -0.4 is 5.32 Å². The van der Waals surface area contributed by atoms with E-state index in [2.05, 4.69) is 44.3 Å². The highest BCUT2D eigenvalue weighted by Crippen LogP contribution is 2.17. The van der Waals surface area contributed by atoms with Gasteiger partial charge in [-0.25, -0.2) is 0 Å². The fourth-order valence-electron chi connectivity index (χ4n) is 3.07. The van der Waals surface area contributed by atoms with Crippen LogP contribution in [-0.2, 0) is 21.9 Å². The van der Waals surface area contributed by atoms with Crippen molar-refractivity contribution in [2.45, 2.75) is 53.0 Å². The van der Waals surface area contributed by atoms with Crippen LogP contribution in [0.5, 0.6) is 0 Å². The first-order valence-corrected chi connectivity index (χ1v) is 11.7. The van der Waals surface area contributed by atoms with Crippen LogP contribution in [0.2, 0.25) is 0 Å². The van der Waals surface area contributed by atoms with Gasteiger partial charge in [0.05, 0.1) is 5.75 Å². The molecule has 30 heavy (non-hydrogen) atoms. The Hall–Kier alpha value is -2.27. The van der Waals surface area contributed by atoms with Gasteiger partial charge in [-0.15, -0.1) is 11.8 Å². The Labute approximate surface area is 185 Å². The van der Waals surface area contributed by atoms with Gasteiger partial charge < -0.3 is 10.2 Å². The highest BCUT2D eigenvalue weighted by Gasteiger charge is 2.26. The van der Waals surface area contributed by atoms with Gasteiger partial charge in [0.25, 0.3) is 0 Å². The topological polar surface area (TPSA) is 49.4 Å². The minimum absolute atomic E-state index is 0.0135. The van der Waals surface area contributed by atoms with Crippen molar-refractivity contribution in [1.29, 1.82) is 0 Å².